The highest BCUT2D eigenvalue weighted by atomic mass is 35.5. The van der Waals surface area contributed by atoms with Gasteiger partial charge in [0.2, 0.25) is 0 Å². The van der Waals surface area contributed by atoms with Crippen LogP contribution in [0.5, 0.6) is 5.75 Å². The molecule has 0 saturated carbocycles. The maximum atomic E-state index is 12.7. The monoisotopic (exact) mass is 388 g/mol. The second kappa shape index (κ2) is 12.2. The molecule has 2 rings (SSSR count). The standard InChI is InChI=1S/C22H29ClN2O2/c1-2-3-4-5-9-16-25(17-18-27-21-10-7-6-8-11-21)22(26)24-20-14-12-19(23)13-15-20/h6-8,10-15H,2-5,9,16-18H2,1H3,(H,24,26). The third kappa shape index (κ3) is 8.35. The number of anilines is 1. The van der Waals surface area contributed by atoms with Crippen molar-refractivity contribution < 1.29 is 9.53 Å². The maximum absolute atomic E-state index is 12.7. The van der Waals surface area contributed by atoms with Gasteiger partial charge < -0.3 is 15.0 Å². The number of halogens is 1. The summed E-state index contributed by atoms with van der Waals surface area (Å²) in [5, 5.41) is 3.59. The van der Waals surface area contributed by atoms with Crippen molar-refractivity contribution in [2.75, 3.05) is 25.0 Å². The zero-order chi connectivity index (χ0) is 19.3. The summed E-state index contributed by atoms with van der Waals surface area (Å²) in [6.07, 6.45) is 5.81. The Kier molecular flexibility index (Phi) is 9.56. The van der Waals surface area contributed by atoms with Crippen molar-refractivity contribution in [3.63, 3.8) is 0 Å². The Morgan fingerprint density at radius 3 is 2.37 bits per heavy atom. The number of amides is 2. The summed E-state index contributed by atoms with van der Waals surface area (Å²) in [7, 11) is 0. The summed E-state index contributed by atoms with van der Waals surface area (Å²) in [5.74, 6) is 0.818. The largest absolute Gasteiger partial charge is 0.492 e. The molecule has 5 heteroatoms. The van der Waals surface area contributed by atoms with Gasteiger partial charge >= 0.3 is 6.03 Å². The predicted molar refractivity (Wildman–Crippen MR) is 113 cm³/mol. The van der Waals surface area contributed by atoms with E-state index < -0.39 is 0 Å². The molecule has 27 heavy (non-hydrogen) atoms. The van der Waals surface area contributed by atoms with Crippen molar-refractivity contribution in [1.82, 2.24) is 4.90 Å². The van der Waals surface area contributed by atoms with Gasteiger partial charge in [-0.2, -0.15) is 0 Å². The fraction of sp³-hybridized carbons (Fsp3) is 0.409. The van der Waals surface area contributed by atoms with Crippen molar-refractivity contribution in [3.8, 4) is 5.75 Å². The molecule has 0 aliphatic rings. The smallest absolute Gasteiger partial charge is 0.321 e. The van der Waals surface area contributed by atoms with E-state index in [0.29, 0.717) is 18.2 Å². The van der Waals surface area contributed by atoms with Crippen LogP contribution in [0.25, 0.3) is 0 Å². The number of carbonyl (C=O) groups excluding carboxylic acids is 1. The number of rotatable bonds is 11. The molecule has 0 atom stereocenters. The van der Waals surface area contributed by atoms with Gasteiger partial charge in [-0.15, -0.1) is 0 Å². The van der Waals surface area contributed by atoms with Crippen LogP contribution in [0.3, 0.4) is 0 Å². The van der Waals surface area contributed by atoms with Gasteiger partial charge in [-0.1, -0.05) is 62.4 Å². The Labute approximate surface area is 167 Å². The number of hydrogen-bond acceptors (Lipinski definition) is 2. The topological polar surface area (TPSA) is 41.6 Å². The molecule has 0 spiro atoms. The van der Waals surface area contributed by atoms with E-state index in [-0.39, 0.29) is 6.03 Å². The second-order valence-electron chi connectivity index (χ2n) is 6.50. The molecule has 2 amide bonds. The SMILES string of the molecule is CCCCCCCN(CCOc1ccccc1)C(=O)Nc1ccc(Cl)cc1. The van der Waals surface area contributed by atoms with Crippen LogP contribution in [0, 0.1) is 0 Å². The van der Waals surface area contributed by atoms with Gasteiger partial charge in [0.15, 0.2) is 0 Å². The lowest BCUT2D eigenvalue weighted by Crippen LogP contribution is -2.38. The molecule has 0 saturated heterocycles. The van der Waals surface area contributed by atoms with Gasteiger partial charge in [-0.05, 0) is 42.8 Å². The summed E-state index contributed by atoms with van der Waals surface area (Å²) in [6.45, 7) is 3.93. The number of ether oxygens (including phenoxy) is 1. The fourth-order valence-corrected chi connectivity index (χ4v) is 2.87. The van der Waals surface area contributed by atoms with E-state index in [9.17, 15) is 4.79 Å². The first-order valence-corrected chi connectivity index (χ1v) is 10.1. The van der Waals surface area contributed by atoms with E-state index in [1.807, 2.05) is 35.2 Å². The van der Waals surface area contributed by atoms with Crippen molar-refractivity contribution >= 4 is 23.3 Å². The van der Waals surface area contributed by atoms with Gasteiger partial charge in [-0.3, -0.25) is 0 Å². The van der Waals surface area contributed by atoms with E-state index in [0.717, 1.165) is 30.8 Å². The molecule has 0 aliphatic heterocycles. The van der Waals surface area contributed by atoms with E-state index >= 15 is 0 Å². The Hall–Kier alpha value is -2.20. The lowest BCUT2D eigenvalue weighted by atomic mass is 10.1. The van der Waals surface area contributed by atoms with E-state index in [4.69, 9.17) is 16.3 Å². The van der Waals surface area contributed by atoms with Crippen LogP contribution in [0.15, 0.2) is 54.6 Å². The summed E-state index contributed by atoms with van der Waals surface area (Å²) in [6, 6.07) is 16.7. The zero-order valence-electron chi connectivity index (χ0n) is 16.0. The molecule has 0 aromatic heterocycles. The number of para-hydroxylation sites is 1. The highest BCUT2D eigenvalue weighted by molar-refractivity contribution is 6.30. The van der Waals surface area contributed by atoms with Crippen LogP contribution in [-0.2, 0) is 0 Å². The summed E-state index contributed by atoms with van der Waals surface area (Å²) < 4.78 is 5.76. The van der Waals surface area contributed by atoms with Crippen molar-refractivity contribution in [1.29, 1.82) is 0 Å². The number of carbonyl (C=O) groups is 1. The first-order valence-electron chi connectivity index (χ1n) is 9.68. The normalized spacial score (nSPS) is 10.4. The minimum absolute atomic E-state index is 0.107. The summed E-state index contributed by atoms with van der Waals surface area (Å²) in [5.41, 5.74) is 0.740. The molecule has 0 fully saturated rings. The molecule has 0 aliphatic carbocycles. The maximum Gasteiger partial charge on any atom is 0.321 e. The third-order valence-corrected chi connectivity index (χ3v) is 4.54. The van der Waals surface area contributed by atoms with Gasteiger partial charge in [0.05, 0.1) is 6.54 Å². The number of nitrogens with zero attached hydrogens (tertiary/aromatic N) is 1. The average Bonchev–Trinajstić information content (AvgIpc) is 2.69. The summed E-state index contributed by atoms with van der Waals surface area (Å²) >= 11 is 5.91. The molecule has 2 aromatic rings. The zero-order valence-corrected chi connectivity index (χ0v) is 16.8. The molecule has 0 bridgehead atoms. The molecule has 4 nitrogen and oxygen atoms in total. The Morgan fingerprint density at radius 2 is 1.67 bits per heavy atom. The number of nitrogens with one attached hydrogen (secondary N) is 1. The summed E-state index contributed by atoms with van der Waals surface area (Å²) in [4.78, 5) is 14.5. The Bertz CT molecular complexity index is 662. The van der Waals surface area contributed by atoms with Gasteiger partial charge in [0, 0.05) is 17.3 Å². The van der Waals surface area contributed by atoms with Crippen LogP contribution in [0.2, 0.25) is 5.02 Å². The van der Waals surface area contributed by atoms with Crippen molar-refractivity contribution in [3.05, 3.63) is 59.6 Å². The van der Waals surface area contributed by atoms with E-state index in [1.165, 1.54) is 19.3 Å². The number of urea groups is 1. The molecular weight excluding hydrogens is 360 g/mol. The van der Waals surface area contributed by atoms with Crippen LogP contribution < -0.4 is 10.1 Å². The van der Waals surface area contributed by atoms with Gasteiger partial charge in [-0.25, -0.2) is 4.79 Å². The average molecular weight is 389 g/mol. The lowest BCUT2D eigenvalue weighted by molar-refractivity contribution is 0.193. The second-order valence-corrected chi connectivity index (χ2v) is 6.94. The van der Waals surface area contributed by atoms with Gasteiger partial charge in [0.1, 0.15) is 12.4 Å². The lowest BCUT2D eigenvalue weighted by Gasteiger charge is -2.23. The molecule has 0 heterocycles. The Balaban J connectivity index is 1.86. The fourth-order valence-electron chi connectivity index (χ4n) is 2.75. The molecule has 2 aromatic carbocycles. The highest BCUT2D eigenvalue weighted by Gasteiger charge is 2.13. The number of unbranched alkanes of at least 4 members (excludes halogenated alkanes) is 4. The van der Waals surface area contributed by atoms with Crippen LogP contribution in [0.4, 0.5) is 10.5 Å². The minimum Gasteiger partial charge on any atom is -0.492 e. The number of hydrogen-bond donors (Lipinski definition) is 1. The molecule has 146 valence electrons. The van der Waals surface area contributed by atoms with E-state index in [1.54, 1.807) is 24.3 Å². The molecule has 0 unspecified atom stereocenters. The van der Waals surface area contributed by atoms with Crippen LogP contribution in [-0.4, -0.2) is 30.6 Å². The molecular formula is C22H29ClN2O2. The number of benzene rings is 2. The van der Waals surface area contributed by atoms with E-state index in [2.05, 4.69) is 12.2 Å². The minimum atomic E-state index is -0.107. The molecule has 0 radical (unpaired) electrons. The third-order valence-electron chi connectivity index (χ3n) is 4.29. The van der Waals surface area contributed by atoms with Crippen molar-refractivity contribution in [2.24, 2.45) is 0 Å². The highest BCUT2D eigenvalue weighted by Crippen LogP contribution is 2.14. The first kappa shape index (κ1) is 21.1. The van der Waals surface area contributed by atoms with Gasteiger partial charge in [0.25, 0.3) is 0 Å². The Morgan fingerprint density at radius 1 is 0.963 bits per heavy atom. The molecule has 1 N–H and O–H groups in total. The van der Waals surface area contributed by atoms with Crippen LogP contribution in [0.1, 0.15) is 39.0 Å². The van der Waals surface area contributed by atoms with Crippen LogP contribution >= 0.6 is 11.6 Å². The quantitative estimate of drug-likeness (QED) is 0.464. The van der Waals surface area contributed by atoms with Crippen molar-refractivity contribution in [2.45, 2.75) is 39.0 Å². The predicted octanol–water partition coefficient (Wildman–Crippen LogP) is 6.22. The first-order chi connectivity index (χ1) is 13.2.